The average molecular weight is 704 g/mol. The van der Waals surface area contributed by atoms with Crippen LogP contribution in [0.15, 0.2) is 209 Å². The average Bonchev–Trinajstić information content (AvgIpc) is 3.84. The lowest BCUT2D eigenvalue weighted by molar-refractivity contribution is 0.670. The molecule has 9 aromatic carbocycles. The first-order valence-electron chi connectivity index (χ1n) is 18.7. The Balaban J connectivity index is 1.20. The molecule has 2 aromatic heterocycles. The molecule has 0 N–H and O–H groups in total. The maximum absolute atomic E-state index is 6.75. The molecule has 0 spiro atoms. The van der Waals surface area contributed by atoms with E-state index < -0.39 is 0 Å². The van der Waals surface area contributed by atoms with Crippen molar-refractivity contribution in [2.75, 3.05) is 4.90 Å². The first kappa shape index (κ1) is 31.2. The van der Waals surface area contributed by atoms with E-state index in [0.717, 1.165) is 105 Å². The molecule has 11 rings (SSSR count). The van der Waals surface area contributed by atoms with Crippen molar-refractivity contribution in [1.82, 2.24) is 0 Å². The van der Waals surface area contributed by atoms with Gasteiger partial charge in [0.1, 0.15) is 22.3 Å². The molecule has 0 aliphatic rings. The Morgan fingerprint density at radius 3 is 1.73 bits per heavy atom. The number of anilines is 3. The topological polar surface area (TPSA) is 29.5 Å². The summed E-state index contributed by atoms with van der Waals surface area (Å²) in [7, 11) is 0. The number of hydrogen-bond donors (Lipinski definition) is 0. The molecule has 0 bridgehead atoms. The van der Waals surface area contributed by atoms with Crippen molar-refractivity contribution < 1.29 is 8.83 Å². The third kappa shape index (κ3) is 5.20. The van der Waals surface area contributed by atoms with Gasteiger partial charge in [-0.15, -0.1) is 0 Å². The third-order valence-corrected chi connectivity index (χ3v) is 10.8. The zero-order chi connectivity index (χ0) is 36.3. The molecule has 0 atom stereocenters. The molecule has 2 heterocycles. The number of hydrogen-bond acceptors (Lipinski definition) is 3. The second-order valence-electron chi connectivity index (χ2n) is 14.1. The lowest BCUT2D eigenvalue weighted by Crippen LogP contribution is -2.11. The Morgan fingerprint density at radius 2 is 0.927 bits per heavy atom. The minimum absolute atomic E-state index is 0.847. The lowest BCUT2D eigenvalue weighted by Gasteiger charge is -2.28. The maximum atomic E-state index is 6.75. The molecule has 258 valence electrons. The zero-order valence-corrected chi connectivity index (χ0v) is 29.8. The summed E-state index contributed by atoms with van der Waals surface area (Å²) in [5.41, 5.74) is 13.3. The molecule has 0 aliphatic heterocycles. The smallest absolute Gasteiger partial charge is 0.143 e. The van der Waals surface area contributed by atoms with Crippen LogP contribution in [0.25, 0.3) is 88.0 Å². The number of furan rings is 2. The van der Waals surface area contributed by atoms with Gasteiger partial charge in [0, 0.05) is 38.5 Å². The monoisotopic (exact) mass is 703 g/mol. The number of para-hydroxylation sites is 2. The molecule has 0 saturated heterocycles. The SMILES string of the molecule is c1ccc(-c2cc(-c3ccccc3)cc(N(c3cccc(-c4cccc5c4oc4ccccc45)c3)c3cccc4oc5c6ccccc6ccc5c34)c2)cc1. The van der Waals surface area contributed by atoms with Crippen LogP contribution in [0.5, 0.6) is 0 Å². The molecule has 0 radical (unpaired) electrons. The van der Waals surface area contributed by atoms with Gasteiger partial charge in [-0.3, -0.25) is 0 Å². The highest BCUT2D eigenvalue weighted by Crippen LogP contribution is 2.47. The van der Waals surface area contributed by atoms with Gasteiger partial charge in [-0.25, -0.2) is 0 Å². The first-order chi connectivity index (χ1) is 27.3. The molecule has 3 nitrogen and oxygen atoms in total. The number of rotatable bonds is 6. The highest BCUT2D eigenvalue weighted by molar-refractivity contribution is 6.20. The van der Waals surface area contributed by atoms with Crippen molar-refractivity contribution in [3.8, 4) is 33.4 Å². The van der Waals surface area contributed by atoms with Gasteiger partial charge < -0.3 is 13.7 Å². The number of nitrogens with zero attached hydrogens (tertiary/aromatic N) is 1. The summed E-state index contributed by atoms with van der Waals surface area (Å²) in [6.45, 7) is 0. The molecule has 0 saturated carbocycles. The van der Waals surface area contributed by atoms with Crippen LogP contribution >= 0.6 is 0 Å². The van der Waals surface area contributed by atoms with Gasteiger partial charge in [0.15, 0.2) is 0 Å². The van der Waals surface area contributed by atoms with Gasteiger partial charge in [0.25, 0.3) is 0 Å². The zero-order valence-electron chi connectivity index (χ0n) is 29.8. The summed E-state index contributed by atoms with van der Waals surface area (Å²) in [4.78, 5) is 2.40. The molecule has 0 unspecified atom stereocenters. The van der Waals surface area contributed by atoms with Crippen molar-refractivity contribution in [2.24, 2.45) is 0 Å². The standard InChI is InChI=1S/C52H33NO2/c1-3-14-34(15-4-1)38-30-39(35-16-5-2-6-17-35)33-41(32-38)53(47-25-13-27-49-50(47)46-29-28-36-18-7-8-21-42(36)52(46)55-49)40-20-11-19-37(31-40)43-23-12-24-45-44-22-9-10-26-48(44)54-51(43)45/h1-33H. The van der Waals surface area contributed by atoms with Gasteiger partial charge in [-0.05, 0) is 87.8 Å². The minimum atomic E-state index is 0.847. The Hall–Kier alpha value is -7.36. The normalized spacial score (nSPS) is 11.6. The van der Waals surface area contributed by atoms with E-state index in [0.29, 0.717) is 0 Å². The molecule has 0 fully saturated rings. The van der Waals surface area contributed by atoms with Crippen LogP contribution in [-0.2, 0) is 0 Å². The van der Waals surface area contributed by atoms with Gasteiger partial charge in [-0.2, -0.15) is 0 Å². The Kier molecular flexibility index (Phi) is 7.17. The molecular formula is C52H33NO2. The highest BCUT2D eigenvalue weighted by Gasteiger charge is 2.22. The van der Waals surface area contributed by atoms with E-state index in [1.807, 2.05) is 12.1 Å². The summed E-state index contributed by atoms with van der Waals surface area (Å²) < 4.78 is 13.3. The van der Waals surface area contributed by atoms with E-state index in [1.54, 1.807) is 0 Å². The highest BCUT2D eigenvalue weighted by atomic mass is 16.3. The van der Waals surface area contributed by atoms with Gasteiger partial charge in [0.2, 0.25) is 0 Å². The fraction of sp³-hybridized carbons (Fsp3) is 0. The van der Waals surface area contributed by atoms with E-state index >= 15 is 0 Å². The summed E-state index contributed by atoms with van der Waals surface area (Å²) in [5, 5.41) is 6.64. The van der Waals surface area contributed by atoms with Crippen LogP contribution < -0.4 is 4.90 Å². The molecular weight excluding hydrogens is 671 g/mol. The summed E-state index contributed by atoms with van der Waals surface area (Å²) in [6, 6.07) is 71.0. The van der Waals surface area contributed by atoms with E-state index in [9.17, 15) is 0 Å². The summed E-state index contributed by atoms with van der Waals surface area (Å²) in [6.07, 6.45) is 0. The van der Waals surface area contributed by atoms with E-state index in [-0.39, 0.29) is 0 Å². The van der Waals surface area contributed by atoms with Crippen molar-refractivity contribution >= 4 is 71.7 Å². The fourth-order valence-corrected chi connectivity index (χ4v) is 8.27. The van der Waals surface area contributed by atoms with Crippen LogP contribution in [0.3, 0.4) is 0 Å². The minimum Gasteiger partial charge on any atom is -0.455 e. The second kappa shape index (κ2) is 12.6. The molecule has 0 amide bonds. The predicted molar refractivity (Wildman–Crippen MR) is 229 cm³/mol. The van der Waals surface area contributed by atoms with Gasteiger partial charge >= 0.3 is 0 Å². The van der Waals surface area contributed by atoms with Crippen LogP contribution in [0.4, 0.5) is 17.1 Å². The van der Waals surface area contributed by atoms with Crippen molar-refractivity contribution in [3.63, 3.8) is 0 Å². The second-order valence-corrected chi connectivity index (χ2v) is 14.1. The largest absolute Gasteiger partial charge is 0.455 e. The van der Waals surface area contributed by atoms with E-state index in [2.05, 4.69) is 193 Å². The van der Waals surface area contributed by atoms with Gasteiger partial charge in [0.05, 0.1) is 11.1 Å². The number of benzene rings is 9. The third-order valence-electron chi connectivity index (χ3n) is 10.8. The molecule has 11 aromatic rings. The van der Waals surface area contributed by atoms with E-state index in [1.165, 1.54) is 0 Å². The maximum Gasteiger partial charge on any atom is 0.143 e. The number of fused-ring (bicyclic) bond motifs is 8. The van der Waals surface area contributed by atoms with Crippen molar-refractivity contribution in [2.45, 2.75) is 0 Å². The van der Waals surface area contributed by atoms with Crippen LogP contribution in [0, 0.1) is 0 Å². The van der Waals surface area contributed by atoms with E-state index in [4.69, 9.17) is 8.83 Å². The van der Waals surface area contributed by atoms with Crippen LogP contribution in [0.1, 0.15) is 0 Å². The van der Waals surface area contributed by atoms with Gasteiger partial charge in [-0.1, -0.05) is 146 Å². The summed E-state index contributed by atoms with van der Waals surface area (Å²) in [5.74, 6) is 0. The molecule has 3 heteroatoms. The van der Waals surface area contributed by atoms with Crippen molar-refractivity contribution in [1.29, 1.82) is 0 Å². The van der Waals surface area contributed by atoms with Crippen molar-refractivity contribution in [3.05, 3.63) is 200 Å². The fourth-order valence-electron chi connectivity index (χ4n) is 8.27. The first-order valence-corrected chi connectivity index (χ1v) is 18.7. The Bertz CT molecular complexity index is 3150. The predicted octanol–water partition coefficient (Wildman–Crippen LogP) is 15.1. The molecule has 0 aliphatic carbocycles. The quantitative estimate of drug-likeness (QED) is 0.173. The Morgan fingerprint density at radius 1 is 0.327 bits per heavy atom. The van der Waals surface area contributed by atoms with Crippen LogP contribution in [0.2, 0.25) is 0 Å². The lowest BCUT2D eigenvalue weighted by atomic mass is 9.96. The van der Waals surface area contributed by atoms with Crippen LogP contribution in [-0.4, -0.2) is 0 Å². The Labute approximate surface area is 317 Å². The molecule has 55 heavy (non-hydrogen) atoms. The summed E-state index contributed by atoms with van der Waals surface area (Å²) >= 11 is 0.